The van der Waals surface area contributed by atoms with E-state index in [9.17, 15) is 14.0 Å². The van der Waals surface area contributed by atoms with E-state index >= 15 is 0 Å². The molecule has 0 spiro atoms. The normalized spacial score (nSPS) is 15.1. The molecular formula is C24H30FN3O4. The van der Waals surface area contributed by atoms with Crippen LogP contribution in [0.4, 0.5) is 10.2 Å². The fraction of sp³-hybridized carbons (Fsp3) is 0.458. The van der Waals surface area contributed by atoms with Crippen molar-refractivity contribution in [3.8, 4) is 0 Å². The molecule has 0 bridgehead atoms. The van der Waals surface area contributed by atoms with Crippen molar-refractivity contribution in [2.45, 2.75) is 58.1 Å². The summed E-state index contributed by atoms with van der Waals surface area (Å²) >= 11 is 0. The maximum atomic E-state index is 13.1. The molecule has 1 aliphatic rings. The molecule has 1 saturated carbocycles. The van der Waals surface area contributed by atoms with Gasteiger partial charge in [0.15, 0.2) is 0 Å². The number of aliphatic hydroxyl groups excluding tert-OH is 1. The van der Waals surface area contributed by atoms with Crippen LogP contribution in [0.3, 0.4) is 0 Å². The zero-order chi connectivity index (χ0) is 23.1. The second-order valence-electron chi connectivity index (χ2n) is 8.03. The smallest absolute Gasteiger partial charge is 0.332 e. The molecule has 0 saturated heterocycles. The van der Waals surface area contributed by atoms with Crippen LogP contribution in [0.25, 0.3) is 0 Å². The van der Waals surface area contributed by atoms with Crippen molar-refractivity contribution >= 4 is 11.7 Å². The molecule has 0 atom stereocenters. The van der Waals surface area contributed by atoms with Gasteiger partial charge in [0.05, 0.1) is 5.56 Å². The number of aliphatic imine (C=N–C) groups is 1. The van der Waals surface area contributed by atoms with Crippen LogP contribution < -0.4 is 11.2 Å². The van der Waals surface area contributed by atoms with E-state index in [-0.39, 0.29) is 30.9 Å². The molecule has 8 heteroatoms. The summed E-state index contributed by atoms with van der Waals surface area (Å²) in [7, 11) is 1.57. The van der Waals surface area contributed by atoms with Gasteiger partial charge in [-0.2, -0.15) is 4.99 Å². The van der Waals surface area contributed by atoms with E-state index in [4.69, 9.17) is 9.84 Å². The van der Waals surface area contributed by atoms with Crippen molar-refractivity contribution in [2.24, 2.45) is 12.0 Å². The Morgan fingerprint density at radius 2 is 1.94 bits per heavy atom. The summed E-state index contributed by atoms with van der Waals surface area (Å²) in [5.74, 6) is 0.305. The molecule has 1 N–H and O–H groups in total. The van der Waals surface area contributed by atoms with Gasteiger partial charge in [-0.25, -0.2) is 9.18 Å². The Kier molecular flexibility index (Phi) is 8.16. The van der Waals surface area contributed by atoms with Crippen molar-refractivity contribution in [3.05, 3.63) is 74.2 Å². The van der Waals surface area contributed by atoms with E-state index in [0.29, 0.717) is 24.3 Å². The van der Waals surface area contributed by atoms with Crippen molar-refractivity contribution < 1.29 is 14.2 Å². The van der Waals surface area contributed by atoms with Crippen molar-refractivity contribution in [1.82, 2.24) is 9.13 Å². The Balaban J connectivity index is 1.93. The Morgan fingerprint density at radius 1 is 1.25 bits per heavy atom. The van der Waals surface area contributed by atoms with Crippen molar-refractivity contribution in [2.75, 3.05) is 6.61 Å². The highest BCUT2D eigenvalue weighted by atomic mass is 19.1. The summed E-state index contributed by atoms with van der Waals surface area (Å²) in [5, 5.41) is 9.05. The first-order valence-corrected chi connectivity index (χ1v) is 11.0. The second-order valence-corrected chi connectivity index (χ2v) is 8.03. The third kappa shape index (κ3) is 5.82. The average molecular weight is 444 g/mol. The third-order valence-electron chi connectivity index (χ3n) is 5.61. The van der Waals surface area contributed by atoms with Crippen LogP contribution in [0, 0.1) is 12.7 Å². The van der Waals surface area contributed by atoms with Gasteiger partial charge in [0.25, 0.3) is 5.56 Å². The first-order chi connectivity index (χ1) is 15.4. The largest absolute Gasteiger partial charge is 0.474 e. The van der Waals surface area contributed by atoms with Crippen molar-refractivity contribution in [1.29, 1.82) is 0 Å². The summed E-state index contributed by atoms with van der Waals surface area (Å²) in [5.41, 5.74) is 0.376. The highest BCUT2D eigenvalue weighted by Crippen LogP contribution is 2.22. The van der Waals surface area contributed by atoms with E-state index in [1.807, 2.05) is 6.08 Å². The molecule has 1 heterocycles. The number of allylic oxidation sites excluding steroid dienone is 1. The number of aliphatic hydroxyl groups is 1. The minimum atomic E-state index is -0.483. The molecule has 7 nitrogen and oxygen atoms in total. The van der Waals surface area contributed by atoms with Gasteiger partial charge >= 0.3 is 5.69 Å². The van der Waals surface area contributed by atoms with Gasteiger partial charge in [-0.1, -0.05) is 18.2 Å². The van der Waals surface area contributed by atoms with E-state index in [2.05, 4.69) is 4.99 Å². The molecule has 0 aliphatic heterocycles. The summed E-state index contributed by atoms with van der Waals surface area (Å²) in [4.78, 5) is 30.0. The molecule has 32 heavy (non-hydrogen) atoms. The predicted octanol–water partition coefficient (Wildman–Crippen LogP) is 3.17. The summed E-state index contributed by atoms with van der Waals surface area (Å²) in [6.45, 7) is 1.67. The molecule has 1 aromatic heterocycles. The van der Waals surface area contributed by atoms with E-state index in [1.54, 1.807) is 32.2 Å². The number of benzene rings is 1. The zero-order valence-electron chi connectivity index (χ0n) is 18.6. The van der Waals surface area contributed by atoms with E-state index in [1.165, 1.54) is 16.7 Å². The Morgan fingerprint density at radius 3 is 2.59 bits per heavy atom. The zero-order valence-corrected chi connectivity index (χ0v) is 18.6. The van der Waals surface area contributed by atoms with E-state index < -0.39 is 11.2 Å². The highest BCUT2D eigenvalue weighted by molar-refractivity contribution is 5.89. The summed E-state index contributed by atoms with van der Waals surface area (Å²) < 4.78 is 21.7. The van der Waals surface area contributed by atoms with Gasteiger partial charge in [0, 0.05) is 20.2 Å². The fourth-order valence-electron chi connectivity index (χ4n) is 3.79. The molecule has 1 aromatic carbocycles. The lowest BCUT2D eigenvalue weighted by molar-refractivity contribution is 0.198. The number of aromatic nitrogens is 2. The van der Waals surface area contributed by atoms with Crippen LogP contribution in [0.15, 0.2) is 51.0 Å². The van der Waals surface area contributed by atoms with Crippen molar-refractivity contribution in [3.63, 3.8) is 0 Å². The Labute approximate surface area is 186 Å². The van der Waals surface area contributed by atoms with Gasteiger partial charge in [-0.05, 0) is 69.2 Å². The SMILES string of the molecule is Cc1c(N=C(/C=C\Cc2ccc(F)cc2)OC2CCCC2)n(C)c(=O)n(CCCO)c1=O. The lowest BCUT2D eigenvalue weighted by atomic mass is 10.1. The number of ether oxygens (including phenoxy) is 1. The minimum absolute atomic E-state index is 0.0477. The molecular weight excluding hydrogens is 413 g/mol. The molecule has 1 aliphatic carbocycles. The predicted molar refractivity (Wildman–Crippen MR) is 122 cm³/mol. The number of hydrogen-bond donors (Lipinski definition) is 1. The summed E-state index contributed by atoms with van der Waals surface area (Å²) in [6, 6.07) is 6.26. The minimum Gasteiger partial charge on any atom is -0.474 e. The molecule has 2 aromatic rings. The lowest BCUT2D eigenvalue weighted by Gasteiger charge is -2.15. The maximum Gasteiger partial charge on any atom is 0.332 e. The molecule has 0 amide bonds. The molecule has 0 radical (unpaired) electrons. The van der Waals surface area contributed by atoms with Gasteiger partial charge in [-0.3, -0.25) is 13.9 Å². The Bertz CT molecular complexity index is 1060. The monoisotopic (exact) mass is 443 g/mol. The molecule has 3 rings (SSSR count). The van der Waals surface area contributed by atoms with Crippen LogP contribution in [0.1, 0.15) is 43.2 Å². The first-order valence-electron chi connectivity index (χ1n) is 11.0. The molecule has 172 valence electrons. The van der Waals surface area contributed by atoms with Crippen LogP contribution in [-0.4, -0.2) is 32.8 Å². The third-order valence-corrected chi connectivity index (χ3v) is 5.61. The van der Waals surface area contributed by atoms with Crippen LogP contribution in [0.2, 0.25) is 0 Å². The quantitative estimate of drug-likeness (QED) is 0.502. The van der Waals surface area contributed by atoms with Gasteiger partial charge < -0.3 is 9.84 Å². The summed E-state index contributed by atoms with van der Waals surface area (Å²) in [6.07, 6.45) is 8.60. The van der Waals surface area contributed by atoms with Gasteiger partial charge in [0.1, 0.15) is 17.7 Å². The molecule has 1 fully saturated rings. The second kappa shape index (κ2) is 11.0. The number of nitrogens with zero attached hydrogens (tertiary/aromatic N) is 3. The maximum absolute atomic E-state index is 13.1. The highest BCUT2D eigenvalue weighted by Gasteiger charge is 2.19. The number of hydrogen-bond acceptors (Lipinski definition) is 5. The van der Waals surface area contributed by atoms with E-state index in [0.717, 1.165) is 35.8 Å². The molecule has 0 unspecified atom stereocenters. The fourth-order valence-corrected chi connectivity index (χ4v) is 3.79. The number of halogens is 1. The van der Waals surface area contributed by atoms with Gasteiger partial charge in [0.2, 0.25) is 5.90 Å². The number of rotatable bonds is 8. The lowest BCUT2D eigenvalue weighted by Crippen LogP contribution is -2.40. The van der Waals surface area contributed by atoms with Gasteiger partial charge in [-0.15, -0.1) is 0 Å². The first kappa shape index (κ1) is 23.7. The standard InChI is InChI=1S/C24H30FN3O4/c1-17-22(27(2)24(31)28(23(17)30)15-6-16-29)26-21(32-20-8-3-4-9-20)10-5-7-18-11-13-19(25)14-12-18/h5,10-14,20,29H,3-4,6-9,15-16H2,1-2H3/b10-5-,26-21?. The average Bonchev–Trinajstić information content (AvgIpc) is 3.29. The van der Waals surface area contributed by atoms with Crippen LogP contribution >= 0.6 is 0 Å². The topological polar surface area (TPSA) is 85.8 Å². The van der Waals surface area contributed by atoms with Crippen LogP contribution in [-0.2, 0) is 24.8 Å². The van der Waals surface area contributed by atoms with Crippen LogP contribution in [0.5, 0.6) is 0 Å². The Hall–Kier alpha value is -3.00.